The molecule has 0 bridgehead atoms. The fraction of sp³-hybridized carbons (Fsp3) is 0.100. The predicted octanol–water partition coefficient (Wildman–Crippen LogP) is 0.945. The van der Waals surface area contributed by atoms with Gasteiger partial charge in [-0.25, -0.2) is 10.4 Å². The smallest absolute Gasteiger partial charge is 0.250 e. The van der Waals surface area contributed by atoms with E-state index >= 15 is 0 Å². The number of hydrogen-bond donors (Lipinski definition) is 2. The van der Waals surface area contributed by atoms with E-state index in [-0.39, 0.29) is 11.7 Å². The SMILES string of the molecule is O=C1CSC(N=Cc2ccc(O)cc2)=NN1. The van der Waals surface area contributed by atoms with Crippen LogP contribution in [0.2, 0.25) is 0 Å². The maximum absolute atomic E-state index is 10.8. The number of phenolic OH excluding ortho intramolecular Hbond substituents is 1. The molecular formula is C10H9N3O2S. The monoisotopic (exact) mass is 235 g/mol. The van der Waals surface area contributed by atoms with E-state index < -0.39 is 0 Å². The van der Waals surface area contributed by atoms with Crippen LogP contribution in [-0.4, -0.2) is 28.1 Å². The minimum Gasteiger partial charge on any atom is -0.508 e. The van der Waals surface area contributed by atoms with Gasteiger partial charge >= 0.3 is 0 Å². The van der Waals surface area contributed by atoms with Crippen molar-refractivity contribution in [1.82, 2.24) is 5.43 Å². The molecule has 1 aliphatic heterocycles. The topological polar surface area (TPSA) is 74.0 Å². The molecule has 1 heterocycles. The Morgan fingerprint density at radius 1 is 1.44 bits per heavy atom. The minimum atomic E-state index is -0.117. The van der Waals surface area contributed by atoms with Crippen LogP contribution in [0.25, 0.3) is 0 Å². The van der Waals surface area contributed by atoms with Gasteiger partial charge in [0.15, 0.2) is 0 Å². The van der Waals surface area contributed by atoms with Crippen LogP contribution in [0.4, 0.5) is 0 Å². The predicted molar refractivity (Wildman–Crippen MR) is 63.7 cm³/mol. The summed E-state index contributed by atoms with van der Waals surface area (Å²) in [6.07, 6.45) is 1.63. The Balaban J connectivity index is 2.04. The molecule has 82 valence electrons. The van der Waals surface area contributed by atoms with Crippen LogP contribution in [0.1, 0.15) is 5.56 Å². The van der Waals surface area contributed by atoms with Gasteiger partial charge < -0.3 is 5.11 Å². The van der Waals surface area contributed by atoms with Crippen molar-refractivity contribution in [2.75, 3.05) is 5.75 Å². The van der Waals surface area contributed by atoms with E-state index in [2.05, 4.69) is 15.5 Å². The third kappa shape index (κ3) is 2.83. The summed E-state index contributed by atoms with van der Waals surface area (Å²) in [6, 6.07) is 6.65. The van der Waals surface area contributed by atoms with Crippen molar-refractivity contribution in [2.45, 2.75) is 0 Å². The zero-order valence-electron chi connectivity index (χ0n) is 8.25. The number of aliphatic imine (C=N–C) groups is 1. The lowest BCUT2D eigenvalue weighted by Crippen LogP contribution is -2.25. The Morgan fingerprint density at radius 3 is 2.81 bits per heavy atom. The molecule has 0 aromatic heterocycles. The second kappa shape index (κ2) is 4.80. The molecule has 0 saturated carbocycles. The van der Waals surface area contributed by atoms with Gasteiger partial charge in [-0.3, -0.25) is 4.79 Å². The molecule has 0 aliphatic carbocycles. The zero-order valence-corrected chi connectivity index (χ0v) is 9.07. The number of hydrazone groups is 1. The number of hydrogen-bond acceptors (Lipinski definition) is 5. The molecule has 0 fully saturated rings. The summed E-state index contributed by atoms with van der Waals surface area (Å²) in [6.45, 7) is 0. The molecule has 1 aromatic rings. The standard InChI is InChI=1S/C10H9N3O2S/c14-8-3-1-7(2-4-8)5-11-10-13-12-9(15)6-16-10/h1-5,14H,6H2,(H,12,15). The van der Waals surface area contributed by atoms with Gasteiger partial charge in [-0.05, 0) is 29.8 Å². The Labute approximate surface area is 96.3 Å². The maximum Gasteiger partial charge on any atom is 0.250 e. The van der Waals surface area contributed by atoms with Crippen LogP contribution in [0.5, 0.6) is 5.75 Å². The molecule has 1 amide bonds. The number of thioether (sulfide) groups is 1. The van der Waals surface area contributed by atoms with E-state index in [0.717, 1.165) is 5.56 Å². The Kier molecular flexibility index (Phi) is 3.21. The number of nitrogens with zero attached hydrogens (tertiary/aromatic N) is 2. The number of rotatable bonds is 1. The molecule has 0 unspecified atom stereocenters. The highest BCUT2D eigenvalue weighted by atomic mass is 32.2. The van der Waals surface area contributed by atoms with Crippen LogP contribution < -0.4 is 5.43 Å². The largest absolute Gasteiger partial charge is 0.508 e. The van der Waals surface area contributed by atoms with Gasteiger partial charge in [0.05, 0.1) is 5.75 Å². The van der Waals surface area contributed by atoms with Crippen LogP contribution in [0.15, 0.2) is 34.4 Å². The molecule has 2 N–H and O–H groups in total. The third-order valence-electron chi connectivity index (χ3n) is 1.83. The van der Waals surface area contributed by atoms with Crippen LogP contribution >= 0.6 is 11.8 Å². The molecule has 1 aromatic carbocycles. The fourth-order valence-electron chi connectivity index (χ4n) is 1.06. The van der Waals surface area contributed by atoms with E-state index in [9.17, 15) is 4.79 Å². The van der Waals surface area contributed by atoms with Gasteiger partial charge in [0.2, 0.25) is 5.17 Å². The van der Waals surface area contributed by atoms with Crippen LogP contribution in [-0.2, 0) is 4.79 Å². The van der Waals surface area contributed by atoms with Gasteiger partial charge in [-0.15, -0.1) is 5.10 Å². The molecule has 0 spiro atoms. The number of amidine groups is 1. The molecule has 0 radical (unpaired) electrons. The summed E-state index contributed by atoms with van der Waals surface area (Å²) in [4.78, 5) is 14.9. The minimum absolute atomic E-state index is 0.117. The molecular weight excluding hydrogens is 226 g/mol. The summed E-state index contributed by atoms with van der Waals surface area (Å²) in [7, 11) is 0. The summed E-state index contributed by atoms with van der Waals surface area (Å²) >= 11 is 1.28. The first kappa shape index (κ1) is 10.7. The number of benzene rings is 1. The average molecular weight is 235 g/mol. The number of carbonyl (C=O) groups excluding carboxylic acids is 1. The van der Waals surface area contributed by atoms with Gasteiger partial charge in [-0.1, -0.05) is 11.8 Å². The highest BCUT2D eigenvalue weighted by Crippen LogP contribution is 2.10. The van der Waals surface area contributed by atoms with Crippen molar-refractivity contribution in [3.8, 4) is 5.75 Å². The van der Waals surface area contributed by atoms with Gasteiger partial charge in [0.1, 0.15) is 5.75 Å². The number of phenols is 1. The summed E-state index contributed by atoms with van der Waals surface area (Å²) in [5, 5.41) is 13.4. The first-order valence-electron chi connectivity index (χ1n) is 4.56. The Bertz CT molecular complexity index is 454. The molecule has 1 aliphatic rings. The normalized spacial score (nSPS) is 16.0. The fourth-order valence-corrected chi connectivity index (χ4v) is 1.62. The lowest BCUT2D eigenvalue weighted by Gasteiger charge is -2.06. The highest BCUT2D eigenvalue weighted by molar-refractivity contribution is 8.14. The molecule has 0 saturated heterocycles. The number of carbonyl (C=O) groups is 1. The van der Waals surface area contributed by atoms with Crippen molar-refractivity contribution in [2.24, 2.45) is 10.1 Å². The van der Waals surface area contributed by atoms with Crippen molar-refractivity contribution in [1.29, 1.82) is 0 Å². The van der Waals surface area contributed by atoms with E-state index in [1.165, 1.54) is 11.8 Å². The second-order valence-corrected chi connectivity index (χ2v) is 4.01. The molecule has 0 atom stereocenters. The number of nitrogens with one attached hydrogen (secondary N) is 1. The first-order valence-corrected chi connectivity index (χ1v) is 5.55. The molecule has 16 heavy (non-hydrogen) atoms. The second-order valence-electron chi connectivity index (χ2n) is 3.07. The van der Waals surface area contributed by atoms with E-state index in [0.29, 0.717) is 10.9 Å². The zero-order chi connectivity index (χ0) is 11.4. The molecule has 5 nitrogen and oxygen atoms in total. The van der Waals surface area contributed by atoms with Gasteiger partial charge in [0.25, 0.3) is 5.91 Å². The Hall–Kier alpha value is -1.82. The van der Waals surface area contributed by atoms with Crippen molar-refractivity contribution in [3.63, 3.8) is 0 Å². The van der Waals surface area contributed by atoms with Crippen molar-refractivity contribution >= 4 is 29.1 Å². The lowest BCUT2D eigenvalue weighted by molar-refractivity contribution is -0.118. The van der Waals surface area contributed by atoms with Crippen LogP contribution in [0.3, 0.4) is 0 Å². The molecule has 6 heteroatoms. The maximum atomic E-state index is 10.8. The van der Waals surface area contributed by atoms with Crippen molar-refractivity contribution in [3.05, 3.63) is 29.8 Å². The quantitative estimate of drug-likeness (QED) is 0.711. The third-order valence-corrected chi connectivity index (χ3v) is 2.69. The summed E-state index contributed by atoms with van der Waals surface area (Å²) in [5.74, 6) is 0.438. The molecule has 2 rings (SSSR count). The van der Waals surface area contributed by atoms with Crippen molar-refractivity contribution < 1.29 is 9.90 Å². The number of aromatic hydroxyl groups is 1. The van der Waals surface area contributed by atoms with Gasteiger partial charge in [-0.2, -0.15) is 0 Å². The summed E-state index contributed by atoms with van der Waals surface area (Å²) < 4.78 is 0. The first-order chi connectivity index (χ1) is 7.74. The van der Waals surface area contributed by atoms with E-state index in [1.807, 2.05) is 0 Å². The van der Waals surface area contributed by atoms with Crippen LogP contribution in [0, 0.1) is 0 Å². The highest BCUT2D eigenvalue weighted by Gasteiger charge is 2.10. The van der Waals surface area contributed by atoms with E-state index in [4.69, 9.17) is 5.11 Å². The number of amides is 1. The Morgan fingerprint density at radius 2 is 2.19 bits per heavy atom. The summed E-state index contributed by atoms with van der Waals surface area (Å²) in [5.41, 5.74) is 3.21. The van der Waals surface area contributed by atoms with E-state index in [1.54, 1.807) is 30.5 Å². The lowest BCUT2D eigenvalue weighted by atomic mass is 10.2. The average Bonchev–Trinajstić information content (AvgIpc) is 2.30. The van der Waals surface area contributed by atoms with Gasteiger partial charge in [0, 0.05) is 6.21 Å².